The quantitative estimate of drug-likeness (QED) is 0.881. The summed E-state index contributed by atoms with van der Waals surface area (Å²) in [6.45, 7) is 7.90. The van der Waals surface area contributed by atoms with E-state index in [-0.39, 0.29) is 17.7 Å². The second-order valence-electron chi connectivity index (χ2n) is 7.35. The summed E-state index contributed by atoms with van der Waals surface area (Å²) < 4.78 is 12.1. The molecule has 1 aliphatic rings. The summed E-state index contributed by atoms with van der Waals surface area (Å²) >= 11 is 0. The summed E-state index contributed by atoms with van der Waals surface area (Å²) in [5.41, 5.74) is 0.322. The van der Waals surface area contributed by atoms with Crippen LogP contribution in [0.1, 0.15) is 33.6 Å². The average molecular weight is 351 g/mol. The van der Waals surface area contributed by atoms with Gasteiger partial charge in [-0.3, -0.25) is 4.79 Å². The first-order valence-electron chi connectivity index (χ1n) is 8.72. The van der Waals surface area contributed by atoms with Gasteiger partial charge in [0.15, 0.2) is 0 Å². The number of piperidine rings is 1. The Labute approximate surface area is 148 Å². The fourth-order valence-corrected chi connectivity index (χ4v) is 2.80. The van der Waals surface area contributed by atoms with Crippen molar-refractivity contribution >= 4 is 11.8 Å². The zero-order valence-corrected chi connectivity index (χ0v) is 15.6. The average Bonchev–Trinajstić information content (AvgIpc) is 2.54. The third kappa shape index (κ3) is 6.08. The van der Waals surface area contributed by atoms with Crippen LogP contribution in [0.3, 0.4) is 0 Å². The van der Waals surface area contributed by atoms with E-state index in [1.54, 1.807) is 34.9 Å². The van der Waals surface area contributed by atoms with Crippen LogP contribution in [0.4, 0.5) is 10.5 Å². The Kier molecular flexibility index (Phi) is 6.47. The molecule has 0 aliphatic carbocycles. The Bertz CT molecular complexity index is 636. The van der Waals surface area contributed by atoms with Gasteiger partial charge in [0.05, 0.1) is 12.3 Å². The lowest BCUT2D eigenvalue weighted by Crippen LogP contribution is -2.47. The topological polar surface area (TPSA) is 72.8 Å². The highest BCUT2D eigenvalue weighted by Gasteiger charge is 2.27. The number of aromatic nitrogens is 1. The maximum absolute atomic E-state index is 12.2. The van der Waals surface area contributed by atoms with E-state index in [9.17, 15) is 9.59 Å². The van der Waals surface area contributed by atoms with Crippen LogP contribution in [0, 0.1) is 0 Å². The molecule has 0 spiro atoms. The summed E-state index contributed by atoms with van der Waals surface area (Å²) in [6.07, 6.45) is 3.41. The van der Waals surface area contributed by atoms with Gasteiger partial charge >= 0.3 is 6.09 Å². The van der Waals surface area contributed by atoms with Gasteiger partial charge in [-0.1, -0.05) is 0 Å². The summed E-state index contributed by atoms with van der Waals surface area (Å²) in [6, 6.07) is 3.46. The van der Waals surface area contributed by atoms with E-state index in [0.717, 1.165) is 18.5 Å². The fourth-order valence-electron chi connectivity index (χ4n) is 2.80. The monoisotopic (exact) mass is 351 g/mol. The number of rotatable bonds is 5. The minimum atomic E-state index is -0.492. The molecule has 0 aromatic carbocycles. The molecule has 0 bridgehead atoms. The number of carbonyl (C=O) groups excluding carboxylic acids is 1. The van der Waals surface area contributed by atoms with E-state index < -0.39 is 5.60 Å². The molecule has 1 amide bonds. The Morgan fingerprint density at radius 3 is 2.80 bits per heavy atom. The smallest absolute Gasteiger partial charge is 0.410 e. The van der Waals surface area contributed by atoms with Gasteiger partial charge in [-0.25, -0.2) is 4.79 Å². The second kappa shape index (κ2) is 8.38. The van der Waals surface area contributed by atoms with E-state index in [4.69, 9.17) is 9.47 Å². The maximum Gasteiger partial charge on any atom is 0.410 e. The molecular weight excluding hydrogens is 322 g/mol. The SMILES string of the molecule is COCCn1cc(NC2CCCN(C(=O)OC(C)(C)C)C2)ccc1=O. The van der Waals surface area contributed by atoms with E-state index in [2.05, 4.69) is 5.32 Å². The number of likely N-dealkylation sites (tertiary alicyclic amines) is 1. The molecule has 2 heterocycles. The lowest BCUT2D eigenvalue weighted by atomic mass is 10.1. The highest BCUT2D eigenvalue weighted by atomic mass is 16.6. The van der Waals surface area contributed by atoms with E-state index >= 15 is 0 Å². The highest BCUT2D eigenvalue weighted by Crippen LogP contribution is 2.18. The van der Waals surface area contributed by atoms with Gasteiger partial charge < -0.3 is 24.3 Å². The summed E-state index contributed by atoms with van der Waals surface area (Å²) in [4.78, 5) is 25.8. The molecule has 0 saturated carbocycles. The van der Waals surface area contributed by atoms with Gasteiger partial charge in [-0.05, 0) is 39.7 Å². The molecule has 7 nitrogen and oxygen atoms in total. The van der Waals surface area contributed by atoms with Gasteiger partial charge in [-0.2, -0.15) is 0 Å². The largest absolute Gasteiger partial charge is 0.444 e. The lowest BCUT2D eigenvalue weighted by molar-refractivity contribution is 0.0206. The number of methoxy groups -OCH3 is 1. The minimum Gasteiger partial charge on any atom is -0.444 e. The summed E-state index contributed by atoms with van der Waals surface area (Å²) in [5.74, 6) is 0. The Morgan fingerprint density at radius 2 is 2.12 bits per heavy atom. The molecule has 7 heteroatoms. The number of carbonyl (C=O) groups is 1. The molecule has 1 N–H and O–H groups in total. The molecule has 1 fully saturated rings. The Morgan fingerprint density at radius 1 is 1.36 bits per heavy atom. The molecule has 1 unspecified atom stereocenters. The third-order valence-electron chi connectivity index (χ3n) is 3.96. The molecule has 1 aromatic rings. The van der Waals surface area contributed by atoms with Crippen LogP contribution in [0.25, 0.3) is 0 Å². The predicted molar refractivity (Wildman–Crippen MR) is 97.0 cm³/mol. The van der Waals surface area contributed by atoms with Gasteiger partial charge in [0.2, 0.25) is 0 Å². The lowest BCUT2D eigenvalue weighted by Gasteiger charge is -2.34. The Hall–Kier alpha value is -2.02. The van der Waals surface area contributed by atoms with Crippen LogP contribution in [-0.2, 0) is 16.0 Å². The zero-order valence-electron chi connectivity index (χ0n) is 15.6. The second-order valence-corrected chi connectivity index (χ2v) is 7.35. The van der Waals surface area contributed by atoms with Crippen LogP contribution in [0.5, 0.6) is 0 Å². The number of pyridine rings is 1. The van der Waals surface area contributed by atoms with E-state index in [0.29, 0.717) is 26.2 Å². The molecule has 1 aromatic heterocycles. The number of anilines is 1. The number of hydrogen-bond acceptors (Lipinski definition) is 5. The van der Waals surface area contributed by atoms with Crippen molar-refractivity contribution in [2.75, 3.05) is 32.1 Å². The molecule has 2 rings (SSSR count). The van der Waals surface area contributed by atoms with E-state index in [1.165, 1.54) is 0 Å². The molecule has 1 saturated heterocycles. The standard InChI is InChI=1S/C18H29N3O4/c1-18(2,3)25-17(23)21-9-5-6-14(13-21)19-15-7-8-16(22)20(12-15)10-11-24-4/h7-8,12,14,19H,5-6,9-11,13H2,1-4H3. The van der Waals surface area contributed by atoms with Crippen LogP contribution < -0.4 is 10.9 Å². The molecule has 140 valence electrons. The number of amides is 1. The first-order valence-corrected chi connectivity index (χ1v) is 8.72. The normalized spacial score (nSPS) is 18.1. The van der Waals surface area contributed by atoms with Gasteiger partial charge in [-0.15, -0.1) is 0 Å². The number of hydrogen-bond donors (Lipinski definition) is 1. The Balaban J connectivity index is 1.98. The van der Waals surface area contributed by atoms with Crippen molar-refractivity contribution in [3.8, 4) is 0 Å². The van der Waals surface area contributed by atoms with Crippen LogP contribution in [0.15, 0.2) is 23.1 Å². The van der Waals surface area contributed by atoms with Gasteiger partial charge in [0.1, 0.15) is 5.60 Å². The minimum absolute atomic E-state index is 0.0541. The van der Waals surface area contributed by atoms with Crippen molar-refractivity contribution in [2.45, 2.75) is 51.8 Å². The van der Waals surface area contributed by atoms with Gasteiger partial charge in [0.25, 0.3) is 5.56 Å². The third-order valence-corrected chi connectivity index (χ3v) is 3.96. The fraction of sp³-hybridized carbons (Fsp3) is 0.667. The molecule has 1 atom stereocenters. The van der Waals surface area contributed by atoms with Crippen molar-refractivity contribution in [1.29, 1.82) is 0 Å². The predicted octanol–water partition coefficient (Wildman–Crippen LogP) is 2.31. The molecule has 25 heavy (non-hydrogen) atoms. The zero-order chi connectivity index (χ0) is 18.4. The number of nitrogens with one attached hydrogen (secondary N) is 1. The van der Waals surface area contributed by atoms with Crippen molar-refractivity contribution in [1.82, 2.24) is 9.47 Å². The van der Waals surface area contributed by atoms with Crippen molar-refractivity contribution < 1.29 is 14.3 Å². The highest BCUT2D eigenvalue weighted by molar-refractivity contribution is 5.68. The molecule has 1 aliphatic heterocycles. The van der Waals surface area contributed by atoms with Crippen LogP contribution in [-0.4, -0.2) is 54.0 Å². The molecular formula is C18H29N3O4. The van der Waals surface area contributed by atoms with Gasteiger partial charge in [0, 0.05) is 45.0 Å². The number of nitrogens with zero attached hydrogens (tertiary/aromatic N) is 2. The van der Waals surface area contributed by atoms with E-state index in [1.807, 2.05) is 20.8 Å². The van der Waals surface area contributed by atoms with Crippen LogP contribution in [0.2, 0.25) is 0 Å². The first kappa shape index (κ1) is 19.3. The van der Waals surface area contributed by atoms with Crippen LogP contribution >= 0.6 is 0 Å². The maximum atomic E-state index is 12.2. The molecule has 0 radical (unpaired) electrons. The van der Waals surface area contributed by atoms with Crippen molar-refractivity contribution in [3.63, 3.8) is 0 Å². The summed E-state index contributed by atoms with van der Waals surface area (Å²) in [7, 11) is 1.61. The summed E-state index contributed by atoms with van der Waals surface area (Å²) in [5, 5.41) is 3.42. The van der Waals surface area contributed by atoms with Crippen molar-refractivity contribution in [2.24, 2.45) is 0 Å². The first-order chi connectivity index (χ1) is 11.8. The van der Waals surface area contributed by atoms with Crippen molar-refractivity contribution in [3.05, 3.63) is 28.7 Å². The number of ether oxygens (including phenoxy) is 2.